The lowest BCUT2D eigenvalue weighted by molar-refractivity contribution is 0.158. The Bertz CT molecular complexity index is 756. The molecule has 0 aliphatic carbocycles. The van der Waals surface area contributed by atoms with E-state index in [0.717, 1.165) is 25.2 Å². The van der Waals surface area contributed by atoms with Gasteiger partial charge in [0.2, 0.25) is 5.43 Å². The lowest BCUT2D eigenvalue weighted by atomic mass is 9.94. The van der Waals surface area contributed by atoms with Crippen LogP contribution in [0, 0.1) is 0 Å². The molecule has 1 aliphatic heterocycles. The minimum atomic E-state index is -0.0802. The Kier molecular flexibility index (Phi) is 5.02. The van der Waals surface area contributed by atoms with Crippen molar-refractivity contribution in [3.63, 3.8) is 0 Å². The third-order valence-corrected chi connectivity index (χ3v) is 4.74. The average molecular weight is 327 g/mol. The summed E-state index contributed by atoms with van der Waals surface area (Å²) in [4.78, 5) is 19.7. The number of H-pyrrole nitrogens is 1. The largest absolute Gasteiger partial charge is 0.491 e. The molecule has 5 nitrogen and oxygen atoms in total. The van der Waals surface area contributed by atoms with Gasteiger partial charge in [0.15, 0.2) is 5.75 Å². The Morgan fingerprint density at radius 1 is 1.33 bits per heavy atom. The van der Waals surface area contributed by atoms with Crippen LogP contribution >= 0.6 is 0 Å². The van der Waals surface area contributed by atoms with E-state index in [1.807, 2.05) is 0 Å². The molecule has 2 aromatic rings. The fraction of sp³-hybridized carbons (Fsp3) is 0.421. The third kappa shape index (κ3) is 3.68. The molecule has 0 unspecified atom stereocenters. The van der Waals surface area contributed by atoms with Gasteiger partial charge < -0.3 is 9.72 Å². The van der Waals surface area contributed by atoms with Gasteiger partial charge in [-0.1, -0.05) is 24.3 Å². The monoisotopic (exact) mass is 327 g/mol. The second-order valence-electron chi connectivity index (χ2n) is 6.63. The SMILES string of the molecule is COc1c[nH]c(CN(C)C[C@@H]2Cc3ccccc3CN2C)cc1=O. The van der Waals surface area contributed by atoms with Crippen LogP contribution in [-0.2, 0) is 19.5 Å². The normalized spacial score (nSPS) is 17.8. The first kappa shape index (κ1) is 16.7. The van der Waals surface area contributed by atoms with E-state index >= 15 is 0 Å². The van der Waals surface area contributed by atoms with Crippen molar-refractivity contribution >= 4 is 0 Å². The Hall–Kier alpha value is -2.11. The number of nitrogens with zero attached hydrogens (tertiary/aromatic N) is 2. The van der Waals surface area contributed by atoms with Crippen LogP contribution < -0.4 is 10.2 Å². The number of ether oxygens (including phenoxy) is 1. The maximum absolute atomic E-state index is 11.9. The fourth-order valence-corrected chi connectivity index (χ4v) is 3.39. The van der Waals surface area contributed by atoms with Gasteiger partial charge in [0.25, 0.3) is 0 Å². The first-order valence-corrected chi connectivity index (χ1v) is 8.28. The van der Waals surface area contributed by atoms with E-state index < -0.39 is 0 Å². The smallest absolute Gasteiger partial charge is 0.223 e. The molecule has 0 saturated carbocycles. The Morgan fingerprint density at radius 2 is 2.08 bits per heavy atom. The first-order valence-electron chi connectivity index (χ1n) is 8.28. The highest BCUT2D eigenvalue weighted by Gasteiger charge is 2.24. The zero-order chi connectivity index (χ0) is 17.1. The second-order valence-corrected chi connectivity index (χ2v) is 6.63. The predicted octanol–water partition coefficient (Wildman–Crippen LogP) is 1.87. The number of hydrogen-bond acceptors (Lipinski definition) is 4. The summed E-state index contributed by atoms with van der Waals surface area (Å²) in [5.41, 5.74) is 3.70. The highest BCUT2D eigenvalue weighted by Crippen LogP contribution is 2.22. The number of likely N-dealkylation sites (N-methyl/N-ethyl adjacent to an activating group) is 2. The lowest BCUT2D eigenvalue weighted by Crippen LogP contribution is -2.44. The van der Waals surface area contributed by atoms with E-state index in [9.17, 15) is 4.79 Å². The minimum absolute atomic E-state index is 0.0802. The molecule has 0 bridgehead atoms. The summed E-state index contributed by atoms with van der Waals surface area (Å²) in [6.45, 7) is 2.66. The third-order valence-electron chi connectivity index (χ3n) is 4.74. The molecule has 24 heavy (non-hydrogen) atoms. The quantitative estimate of drug-likeness (QED) is 0.911. The van der Waals surface area contributed by atoms with Crippen molar-refractivity contribution in [1.82, 2.24) is 14.8 Å². The molecule has 0 saturated heterocycles. The van der Waals surface area contributed by atoms with Crippen LogP contribution in [-0.4, -0.2) is 48.6 Å². The van der Waals surface area contributed by atoms with Gasteiger partial charge in [-0.25, -0.2) is 0 Å². The molecule has 5 heteroatoms. The number of nitrogens with one attached hydrogen (secondary N) is 1. The second kappa shape index (κ2) is 7.20. The molecule has 3 rings (SSSR count). The summed E-state index contributed by atoms with van der Waals surface area (Å²) in [6.07, 6.45) is 2.70. The van der Waals surface area contributed by atoms with E-state index in [0.29, 0.717) is 18.3 Å². The van der Waals surface area contributed by atoms with Gasteiger partial charge in [0.1, 0.15) is 0 Å². The van der Waals surface area contributed by atoms with Crippen molar-refractivity contribution in [2.75, 3.05) is 27.7 Å². The maximum atomic E-state index is 11.9. The number of hydrogen-bond donors (Lipinski definition) is 1. The van der Waals surface area contributed by atoms with Crippen LogP contribution in [0.2, 0.25) is 0 Å². The number of aromatic nitrogens is 1. The molecule has 0 amide bonds. The van der Waals surface area contributed by atoms with Crippen LogP contribution in [0.4, 0.5) is 0 Å². The molecule has 0 fully saturated rings. The van der Waals surface area contributed by atoms with Gasteiger partial charge in [-0.05, 0) is 31.6 Å². The maximum Gasteiger partial charge on any atom is 0.223 e. The summed E-state index contributed by atoms with van der Waals surface area (Å²) in [5.74, 6) is 0.352. The summed E-state index contributed by atoms with van der Waals surface area (Å²) >= 11 is 0. The molecule has 1 aromatic heterocycles. The molecule has 0 spiro atoms. The molecular weight excluding hydrogens is 302 g/mol. The van der Waals surface area contributed by atoms with Crippen molar-refractivity contribution in [2.45, 2.75) is 25.6 Å². The van der Waals surface area contributed by atoms with Crippen LogP contribution in [0.15, 0.2) is 41.3 Å². The molecule has 1 N–H and O–H groups in total. The highest BCUT2D eigenvalue weighted by molar-refractivity contribution is 5.30. The molecule has 1 aromatic carbocycles. The van der Waals surface area contributed by atoms with E-state index in [-0.39, 0.29) is 5.43 Å². The number of aromatic amines is 1. The fourth-order valence-electron chi connectivity index (χ4n) is 3.39. The number of rotatable bonds is 5. The van der Waals surface area contributed by atoms with Gasteiger partial charge >= 0.3 is 0 Å². The predicted molar refractivity (Wildman–Crippen MR) is 95.3 cm³/mol. The van der Waals surface area contributed by atoms with Crippen molar-refractivity contribution in [3.05, 3.63) is 63.6 Å². The van der Waals surface area contributed by atoms with Crippen LogP contribution in [0.3, 0.4) is 0 Å². The van der Waals surface area contributed by atoms with Gasteiger partial charge in [-0.3, -0.25) is 14.6 Å². The first-order chi connectivity index (χ1) is 11.6. The molecule has 1 aliphatic rings. The van der Waals surface area contributed by atoms with E-state index in [4.69, 9.17) is 4.74 Å². The number of fused-ring (bicyclic) bond motifs is 1. The van der Waals surface area contributed by atoms with Crippen molar-refractivity contribution < 1.29 is 4.74 Å². The van der Waals surface area contributed by atoms with E-state index in [1.54, 1.807) is 12.3 Å². The zero-order valence-corrected chi connectivity index (χ0v) is 14.6. The van der Waals surface area contributed by atoms with Gasteiger partial charge in [0.05, 0.1) is 7.11 Å². The zero-order valence-electron chi connectivity index (χ0n) is 14.6. The lowest BCUT2D eigenvalue weighted by Gasteiger charge is -2.36. The summed E-state index contributed by atoms with van der Waals surface area (Å²) in [6, 6.07) is 10.8. The molecule has 128 valence electrons. The topological polar surface area (TPSA) is 48.6 Å². The summed E-state index contributed by atoms with van der Waals surface area (Å²) in [7, 11) is 5.79. The van der Waals surface area contributed by atoms with E-state index in [2.05, 4.69) is 53.1 Å². The van der Waals surface area contributed by atoms with Crippen molar-refractivity contribution in [2.24, 2.45) is 0 Å². The van der Waals surface area contributed by atoms with Crippen LogP contribution in [0.25, 0.3) is 0 Å². The summed E-state index contributed by atoms with van der Waals surface area (Å²) in [5, 5.41) is 0. The Labute approximate surface area is 142 Å². The van der Waals surface area contributed by atoms with Gasteiger partial charge in [-0.15, -0.1) is 0 Å². The number of pyridine rings is 1. The van der Waals surface area contributed by atoms with Crippen LogP contribution in [0.5, 0.6) is 5.75 Å². The molecule has 1 atom stereocenters. The van der Waals surface area contributed by atoms with E-state index in [1.165, 1.54) is 18.2 Å². The Morgan fingerprint density at radius 3 is 2.79 bits per heavy atom. The molecule has 2 heterocycles. The molecule has 0 radical (unpaired) electrons. The number of benzene rings is 1. The van der Waals surface area contributed by atoms with Gasteiger partial charge in [-0.2, -0.15) is 0 Å². The number of methoxy groups -OCH3 is 1. The Balaban J connectivity index is 1.64. The average Bonchev–Trinajstić information content (AvgIpc) is 2.55. The highest BCUT2D eigenvalue weighted by atomic mass is 16.5. The van der Waals surface area contributed by atoms with Crippen molar-refractivity contribution in [3.8, 4) is 5.75 Å². The minimum Gasteiger partial charge on any atom is -0.491 e. The molecular formula is C19H25N3O2. The summed E-state index contributed by atoms with van der Waals surface area (Å²) < 4.78 is 5.01. The standard InChI is InChI=1S/C19H25N3O2/c1-21(12-16-9-18(23)19(24-3)10-20-16)13-17-8-14-6-4-5-7-15(14)11-22(17)2/h4-7,9-10,17H,8,11-13H2,1-3H3,(H,20,23)/t17-/m0/s1. The van der Waals surface area contributed by atoms with Crippen LogP contribution in [0.1, 0.15) is 16.8 Å². The van der Waals surface area contributed by atoms with Crippen molar-refractivity contribution in [1.29, 1.82) is 0 Å². The van der Waals surface area contributed by atoms with Gasteiger partial charge in [0, 0.05) is 43.6 Å².